The Bertz CT molecular complexity index is 1320. The first-order valence-electron chi connectivity index (χ1n) is 11.2. The number of sulfonamides is 1. The van der Waals surface area contributed by atoms with E-state index in [0.29, 0.717) is 35.2 Å². The number of hydrogen-bond acceptors (Lipinski definition) is 8. The molecule has 0 saturated carbocycles. The number of aliphatic hydroxyl groups is 1. The van der Waals surface area contributed by atoms with Gasteiger partial charge in [-0.15, -0.1) is 0 Å². The molecule has 4 N–H and O–H groups in total. The smallest absolute Gasteiger partial charge is 0.410 e. The number of benzene rings is 2. The van der Waals surface area contributed by atoms with Crippen LogP contribution < -0.4 is 15.2 Å². The number of thiazole rings is 1. The molecule has 0 radical (unpaired) electrons. The average molecular weight is 517 g/mol. The minimum Gasteiger partial charge on any atom is -0.410 e. The number of aromatic nitrogens is 1. The number of rotatable bonds is 6. The van der Waals surface area contributed by atoms with Gasteiger partial charge in [-0.25, -0.2) is 18.2 Å². The van der Waals surface area contributed by atoms with Crippen LogP contribution in [0.25, 0.3) is 10.4 Å². The number of nitrogens with two attached hydrogens (primary N) is 1. The van der Waals surface area contributed by atoms with Crippen LogP contribution in [0.2, 0.25) is 0 Å². The number of aryl methyl sites for hydroxylation is 2. The van der Waals surface area contributed by atoms with Gasteiger partial charge >= 0.3 is 6.09 Å². The molecule has 1 amide bonds. The van der Waals surface area contributed by atoms with E-state index in [1.807, 2.05) is 13.0 Å². The van der Waals surface area contributed by atoms with E-state index in [9.17, 15) is 18.3 Å². The highest BCUT2D eigenvalue weighted by molar-refractivity contribution is 7.92. The molecule has 1 aromatic heterocycles. The summed E-state index contributed by atoms with van der Waals surface area (Å²) in [6.07, 6.45) is 1.22. The molecule has 2 aromatic carbocycles. The molecule has 35 heavy (non-hydrogen) atoms. The predicted molar refractivity (Wildman–Crippen MR) is 136 cm³/mol. The van der Waals surface area contributed by atoms with E-state index in [1.54, 1.807) is 36.1 Å². The van der Waals surface area contributed by atoms with Crippen molar-refractivity contribution in [2.24, 2.45) is 5.92 Å². The van der Waals surface area contributed by atoms with E-state index in [0.717, 1.165) is 29.0 Å². The molecule has 1 unspecified atom stereocenters. The maximum Gasteiger partial charge on any atom is 0.415 e. The molecule has 4 rings (SSSR count). The standard InChI is InChI=1S/C24H28N4O5S2/c1-15-5-6-18(22-16(2)26-23(25)34-22)12-21(15)35(31,32)27-19-7-9-20(10-8-19)33-24(30)28-11-3-4-17(13-28)14-29/h5-10,12,17,27,29H,3-4,11,13-14H2,1-2H3,(H2,25,26). The van der Waals surface area contributed by atoms with E-state index in [1.165, 1.54) is 23.5 Å². The number of nitrogen functional groups attached to an aromatic ring is 1. The van der Waals surface area contributed by atoms with Gasteiger partial charge < -0.3 is 20.5 Å². The van der Waals surface area contributed by atoms with Crippen LogP contribution in [0.15, 0.2) is 47.4 Å². The Hall–Kier alpha value is -3.15. The summed E-state index contributed by atoms with van der Waals surface area (Å²) < 4.78 is 34.3. The van der Waals surface area contributed by atoms with Crippen LogP contribution in [-0.4, -0.2) is 49.2 Å². The highest BCUT2D eigenvalue weighted by atomic mass is 32.2. The Morgan fingerprint density at radius 2 is 2.00 bits per heavy atom. The number of nitrogens with one attached hydrogen (secondary N) is 1. The molecule has 9 nitrogen and oxygen atoms in total. The molecule has 1 aliphatic rings. The lowest BCUT2D eigenvalue weighted by Gasteiger charge is -2.30. The van der Waals surface area contributed by atoms with Crippen molar-refractivity contribution in [3.05, 3.63) is 53.7 Å². The average Bonchev–Trinajstić information content (AvgIpc) is 3.18. The summed E-state index contributed by atoms with van der Waals surface area (Å²) in [4.78, 5) is 19.2. The van der Waals surface area contributed by atoms with Gasteiger partial charge in [0.25, 0.3) is 10.0 Å². The van der Waals surface area contributed by atoms with E-state index >= 15 is 0 Å². The monoisotopic (exact) mass is 516 g/mol. The summed E-state index contributed by atoms with van der Waals surface area (Å²) in [6, 6.07) is 11.4. The lowest BCUT2D eigenvalue weighted by Crippen LogP contribution is -2.42. The normalized spacial score (nSPS) is 16.2. The van der Waals surface area contributed by atoms with Gasteiger partial charge in [-0.05, 0) is 74.1 Å². The third kappa shape index (κ3) is 5.75. The van der Waals surface area contributed by atoms with Crippen LogP contribution in [0.1, 0.15) is 24.1 Å². The zero-order valence-corrected chi connectivity index (χ0v) is 21.2. The largest absolute Gasteiger partial charge is 0.415 e. The first-order chi connectivity index (χ1) is 16.7. The summed E-state index contributed by atoms with van der Waals surface area (Å²) in [7, 11) is -3.88. The number of carbonyl (C=O) groups is 1. The van der Waals surface area contributed by atoms with Gasteiger partial charge in [-0.2, -0.15) is 0 Å². The number of aliphatic hydroxyl groups excluding tert-OH is 1. The van der Waals surface area contributed by atoms with Crippen molar-refractivity contribution in [2.45, 2.75) is 31.6 Å². The molecule has 0 aliphatic carbocycles. The second-order valence-electron chi connectivity index (χ2n) is 8.58. The number of piperidine rings is 1. The molecule has 11 heteroatoms. The zero-order chi connectivity index (χ0) is 25.2. The maximum atomic E-state index is 13.2. The minimum atomic E-state index is -3.88. The third-order valence-electron chi connectivity index (χ3n) is 5.90. The summed E-state index contributed by atoms with van der Waals surface area (Å²) in [5, 5.41) is 9.77. The van der Waals surface area contributed by atoms with E-state index in [2.05, 4.69) is 9.71 Å². The minimum absolute atomic E-state index is 0.0406. The number of ether oxygens (including phenoxy) is 1. The lowest BCUT2D eigenvalue weighted by atomic mass is 10.00. The highest BCUT2D eigenvalue weighted by Gasteiger charge is 2.25. The number of amides is 1. The Labute approximate surface area is 208 Å². The molecule has 1 atom stereocenters. The van der Waals surface area contributed by atoms with Crippen molar-refractivity contribution in [3.63, 3.8) is 0 Å². The van der Waals surface area contributed by atoms with Crippen LogP contribution in [0.3, 0.4) is 0 Å². The first kappa shape index (κ1) is 25.0. The topological polar surface area (TPSA) is 135 Å². The van der Waals surface area contributed by atoms with Crippen molar-refractivity contribution in [3.8, 4) is 16.2 Å². The summed E-state index contributed by atoms with van der Waals surface area (Å²) in [5.41, 5.74) is 8.22. The fourth-order valence-electron chi connectivity index (χ4n) is 4.06. The number of likely N-dealkylation sites (tertiary alicyclic amines) is 1. The first-order valence-corrected chi connectivity index (χ1v) is 13.5. The van der Waals surface area contributed by atoms with Crippen LogP contribution in [0, 0.1) is 19.8 Å². The molecular formula is C24H28N4O5S2. The van der Waals surface area contributed by atoms with Crippen LogP contribution >= 0.6 is 11.3 Å². The summed E-state index contributed by atoms with van der Waals surface area (Å²) in [6.45, 7) is 4.65. The number of carbonyl (C=O) groups excluding carboxylic acids is 1. The van der Waals surface area contributed by atoms with E-state index < -0.39 is 16.1 Å². The van der Waals surface area contributed by atoms with Gasteiger partial charge in [-0.1, -0.05) is 23.5 Å². The van der Waals surface area contributed by atoms with Crippen molar-refractivity contribution < 1.29 is 23.1 Å². The maximum absolute atomic E-state index is 13.2. The summed E-state index contributed by atoms with van der Waals surface area (Å²) >= 11 is 1.31. The SMILES string of the molecule is Cc1ccc(-c2sc(N)nc2C)cc1S(=O)(=O)Nc1ccc(OC(=O)N2CCCC(CO)C2)cc1. The van der Waals surface area contributed by atoms with Gasteiger partial charge in [-0.3, -0.25) is 4.72 Å². The van der Waals surface area contributed by atoms with Gasteiger partial charge in [0, 0.05) is 25.4 Å². The Balaban J connectivity index is 1.47. The molecule has 2 heterocycles. The number of nitrogens with zero attached hydrogens (tertiary/aromatic N) is 2. The molecule has 0 bridgehead atoms. The fraction of sp³-hybridized carbons (Fsp3) is 0.333. The van der Waals surface area contributed by atoms with Gasteiger partial charge in [0.05, 0.1) is 15.5 Å². The quantitative estimate of drug-likeness (QED) is 0.450. The van der Waals surface area contributed by atoms with E-state index in [-0.39, 0.29) is 17.4 Å². The van der Waals surface area contributed by atoms with Crippen molar-refractivity contribution in [2.75, 3.05) is 30.2 Å². The molecule has 1 saturated heterocycles. The van der Waals surface area contributed by atoms with Crippen LogP contribution in [-0.2, 0) is 10.0 Å². The Morgan fingerprint density at radius 3 is 2.66 bits per heavy atom. The number of anilines is 2. The zero-order valence-electron chi connectivity index (χ0n) is 19.5. The molecular weight excluding hydrogens is 488 g/mol. The van der Waals surface area contributed by atoms with Gasteiger partial charge in [0.1, 0.15) is 5.75 Å². The molecule has 186 valence electrons. The third-order valence-corrected chi connectivity index (χ3v) is 8.46. The number of hydrogen-bond donors (Lipinski definition) is 3. The fourth-order valence-corrected chi connectivity index (χ4v) is 6.22. The second-order valence-corrected chi connectivity index (χ2v) is 11.3. The Kier molecular flexibility index (Phi) is 7.29. The molecule has 1 aliphatic heterocycles. The van der Waals surface area contributed by atoms with Crippen molar-refractivity contribution in [1.29, 1.82) is 0 Å². The highest BCUT2D eigenvalue weighted by Crippen LogP contribution is 2.34. The van der Waals surface area contributed by atoms with Crippen LogP contribution in [0.5, 0.6) is 5.75 Å². The van der Waals surface area contributed by atoms with Crippen molar-refractivity contribution in [1.82, 2.24) is 9.88 Å². The summed E-state index contributed by atoms with van der Waals surface area (Å²) in [5.74, 6) is 0.368. The van der Waals surface area contributed by atoms with Crippen LogP contribution in [0.4, 0.5) is 15.6 Å². The molecule has 0 spiro atoms. The molecule has 1 fully saturated rings. The van der Waals surface area contributed by atoms with E-state index in [4.69, 9.17) is 10.5 Å². The Morgan fingerprint density at radius 1 is 1.26 bits per heavy atom. The van der Waals surface area contributed by atoms with Gasteiger partial charge in [0.2, 0.25) is 0 Å². The van der Waals surface area contributed by atoms with Crippen molar-refractivity contribution >= 4 is 38.3 Å². The second kappa shape index (κ2) is 10.2. The predicted octanol–water partition coefficient (Wildman–Crippen LogP) is 4.01. The lowest BCUT2D eigenvalue weighted by molar-refractivity contribution is 0.105. The molecule has 3 aromatic rings. The van der Waals surface area contributed by atoms with Gasteiger partial charge in [0.15, 0.2) is 5.13 Å².